The number of nitrogens with one attached hydrogen (secondary N) is 2. The van der Waals surface area contributed by atoms with Crippen LogP contribution in [0, 0.1) is 6.92 Å². The summed E-state index contributed by atoms with van der Waals surface area (Å²) in [4.78, 5) is 12.5. The van der Waals surface area contributed by atoms with Crippen molar-refractivity contribution in [2.24, 2.45) is 0 Å². The average molecular weight is 392 g/mol. The smallest absolute Gasteiger partial charge is 0.240 e. The molecule has 0 heterocycles. The molecule has 0 radical (unpaired) electrons. The molecule has 0 saturated carbocycles. The van der Waals surface area contributed by atoms with Crippen LogP contribution in [-0.4, -0.2) is 35.6 Å². The summed E-state index contributed by atoms with van der Waals surface area (Å²) in [5, 5.41) is 2.78. The molecule has 2 rings (SSSR count). The van der Waals surface area contributed by atoms with E-state index in [9.17, 15) is 13.2 Å². The summed E-state index contributed by atoms with van der Waals surface area (Å²) in [6, 6.07) is 10.0. The molecule has 0 aliphatic heterocycles. The lowest BCUT2D eigenvalue weighted by Crippen LogP contribution is -2.19. The number of benzene rings is 2. The highest BCUT2D eigenvalue weighted by atomic mass is 32.2. The number of hydrogen-bond acceptors (Lipinski definition) is 5. The summed E-state index contributed by atoms with van der Waals surface area (Å²) in [6.45, 7) is 1.80. The van der Waals surface area contributed by atoms with Gasteiger partial charge in [0, 0.05) is 17.7 Å². The third kappa shape index (κ3) is 4.99. The Balaban J connectivity index is 2.15. The van der Waals surface area contributed by atoms with Gasteiger partial charge in [0.2, 0.25) is 15.9 Å². The number of carbonyl (C=O) groups is 1. The molecule has 0 aromatic heterocycles. The van der Waals surface area contributed by atoms with E-state index in [4.69, 9.17) is 9.47 Å². The SMILES string of the molecule is CNS(=O)(=O)c1ccc(C)c(NC(=O)CCc2c(OC)cccc2OC)c1. The monoisotopic (exact) mass is 392 g/mol. The number of aryl methyl sites for hydroxylation is 1. The molecular weight excluding hydrogens is 368 g/mol. The van der Waals surface area contributed by atoms with Crippen LogP contribution < -0.4 is 19.5 Å². The molecule has 0 fully saturated rings. The Morgan fingerprint density at radius 2 is 1.70 bits per heavy atom. The molecule has 0 aliphatic carbocycles. The second-order valence-corrected chi connectivity index (χ2v) is 7.76. The number of sulfonamides is 1. The summed E-state index contributed by atoms with van der Waals surface area (Å²) < 4.78 is 36.8. The predicted molar refractivity (Wildman–Crippen MR) is 104 cm³/mol. The molecule has 0 unspecified atom stereocenters. The average Bonchev–Trinajstić information content (AvgIpc) is 2.67. The van der Waals surface area contributed by atoms with Crippen molar-refractivity contribution in [3.63, 3.8) is 0 Å². The van der Waals surface area contributed by atoms with Crippen molar-refractivity contribution < 1.29 is 22.7 Å². The summed E-state index contributed by atoms with van der Waals surface area (Å²) in [7, 11) is 0.890. The van der Waals surface area contributed by atoms with E-state index in [1.165, 1.54) is 19.2 Å². The minimum atomic E-state index is -3.58. The van der Waals surface area contributed by atoms with Crippen molar-refractivity contribution in [1.29, 1.82) is 0 Å². The van der Waals surface area contributed by atoms with Gasteiger partial charge in [-0.2, -0.15) is 0 Å². The van der Waals surface area contributed by atoms with E-state index in [1.54, 1.807) is 27.2 Å². The lowest BCUT2D eigenvalue weighted by atomic mass is 10.1. The van der Waals surface area contributed by atoms with Crippen molar-refractivity contribution in [2.75, 3.05) is 26.6 Å². The van der Waals surface area contributed by atoms with Crippen LogP contribution in [0.2, 0.25) is 0 Å². The first-order valence-corrected chi connectivity index (χ1v) is 9.84. The standard InChI is InChI=1S/C19H24N2O5S/c1-13-8-9-14(27(23,24)20-2)12-16(13)21-19(22)11-10-15-17(25-3)6-5-7-18(15)26-4/h5-9,12,20H,10-11H2,1-4H3,(H,21,22). The van der Waals surface area contributed by atoms with Gasteiger partial charge in [0.15, 0.2) is 0 Å². The minimum absolute atomic E-state index is 0.0947. The van der Waals surface area contributed by atoms with Gasteiger partial charge in [0.25, 0.3) is 0 Å². The zero-order valence-electron chi connectivity index (χ0n) is 15.8. The van der Waals surface area contributed by atoms with Gasteiger partial charge >= 0.3 is 0 Å². The van der Waals surface area contributed by atoms with E-state index in [2.05, 4.69) is 10.0 Å². The summed E-state index contributed by atoms with van der Waals surface area (Å²) in [5.74, 6) is 1.07. The first kappa shape index (κ1) is 20.7. The van der Waals surface area contributed by atoms with Crippen molar-refractivity contribution >= 4 is 21.6 Å². The fourth-order valence-corrected chi connectivity index (χ4v) is 3.40. The second kappa shape index (κ2) is 8.88. The van der Waals surface area contributed by atoms with Gasteiger partial charge in [0.1, 0.15) is 11.5 Å². The van der Waals surface area contributed by atoms with E-state index < -0.39 is 10.0 Å². The number of carbonyl (C=O) groups excluding carboxylic acids is 1. The quantitative estimate of drug-likeness (QED) is 0.720. The second-order valence-electron chi connectivity index (χ2n) is 5.87. The van der Waals surface area contributed by atoms with Gasteiger partial charge in [-0.1, -0.05) is 12.1 Å². The predicted octanol–water partition coefficient (Wildman–Crippen LogP) is 2.49. The molecule has 0 atom stereocenters. The van der Waals surface area contributed by atoms with E-state index in [0.29, 0.717) is 23.6 Å². The van der Waals surface area contributed by atoms with Crippen LogP contribution in [0.3, 0.4) is 0 Å². The number of ether oxygens (including phenoxy) is 2. The highest BCUT2D eigenvalue weighted by Crippen LogP contribution is 2.29. The summed E-state index contributed by atoms with van der Waals surface area (Å²) in [5.41, 5.74) is 2.04. The van der Waals surface area contributed by atoms with E-state index >= 15 is 0 Å². The van der Waals surface area contributed by atoms with E-state index in [-0.39, 0.29) is 17.2 Å². The van der Waals surface area contributed by atoms with Crippen molar-refractivity contribution in [1.82, 2.24) is 4.72 Å². The Bertz CT molecular complexity index is 903. The Hall–Kier alpha value is -2.58. The fraction of sp³-hybridized carbons (Fsp3) is 0.316. The van der Waals surface area contributed by atoms with Gasteiger partial charge in [-0.25, -0.2) is 13.1 Å². The van der Waals surface area contributed by atoms with E-state index in [0.717, 1.165) is 11.1 Å². The van der Waals surface area contributed by atoms with Crippen LogP contribution in [0.25, 0.3) is 0 Å². The van der Waals surface area contributed by atoms with Crippen LogP contribution in [0.4, 0.5) is 5.69 Å². The van der Waals surface area contributed by atoms with Gasteiger partial charge in [-0.3, -0.25) is 4.79 Å². The van der Waals surface area contributed by atoms with Crippen LogP contribution in [-0.2, 0) is 21.2 Å². The number of methoxy groups -OCH3 is 2. The Morgan fingerprint density at radius 3 is 2.26 bits per heavy atom. The van der Waals surface area contributed by atoms with Crippen molar-refractivity contribution in [3.8, 4) is 11.5 Å². The molecule has 0 aliphatic rings. The van der Waals surface area contributed by atoms with Gasteiger partial charge in [0.05, 0.1) is 19.1 Å². The van der Waals surface area contributed by atoms with Crippen LogP contribution in [0.5, 0.6) is 11.5 Å². The van der Waals surface area contributed by atoms with Crippen LogP contribution in [0.15, 0.2) is 41.3 Å². The third-order valence-electron chi connectivity index (χ3n) is 4.19. The first-order chi connectivity index (χ1) is 12.8. The molecule has 7 nitrogen and oxygen atoms in total. The molecule has 27 heavy (non-hydrogen) atoms. The Labute approximate surface area is 159 Å². The molecule has 2 aromatic rings. The number of rotatable bonds is 8. The maximum absolute atomic E-state index is 12.4. The molecular formula is C19H24N2O5S. The van der Waals surface area contributed by atoms with Crippen LogP contribution >= 0.6 is 0 Å². The summed E-state index contributed by atoms with van der Waals surface area (Å²) >= 11 is 0. The first-order valence-electron chi connectivity index (χ1n) is 8.36. The largest absolute Gasteiger partial charge is 0.496 e. The van der Waals surface area contributed by atoms with Crippen LogP contribution in [0.1, 0.15) is 17.5 Å². The maximum atomic E-state index is 12.4. The Morgan fingerprint density at radius 1 is 1.07 bits per heavy atom. The number of anilines is 1. The van der Waals surface area contributed by atoms with Gasteiger partial charge in [-0.05, 0) is 50.2 Å². The molecule has 2 N–H and O–H groups in total. The normalized spacial score (nSPS) is 11.1. The maximum Gasteiger partial charge on any atom is 0.240 e. The van der Waals surface area contributed by atoms with Gasteiger partial charge in [-0.15, -0.1) is 0 Å². The molecule has 0 spiro atoms. The molecule has 146 valence electrons. The lowest BCUT2D eigenvalue weighted by molar-refractivity contribution is -0.116. The number of amides is 1. The molecule has 8 heteroatoms. The molecule has 2 aromatic carbocycles. The lowest BCUT2D eigenvalue weighted by Gasteiger charge is -2.14. The Kier molecular flexibility index (Phi) is 6.81. The zero-order chi connectivity index (χ0) is 20.0. The topological polar surface area (TPSA) is 93.7 Å². The zero-order valence-corrected chi connectivity index (χ0v) is 16.6. The van der Waals surface area contributed by atoms with Gasteiger partial charge < -0.3 is 14.8 Å². The summed E-state index contributed by atoms with van der Waals surface area (Å²) in [6.07, 6.45) is 0.617. The molecule has 0 saturated heterocycles. The van der Waals surface area contributed by atoms with Crippen molar-refractivity contribution in [2.45, 2.75) is 24.7 Å². The highest BCUT2D eigenvalue weighted by molar-refractivity contribution is 7.89. The molecule has 1 amide bonds. The highest BCUT2D eigenvalue weighted by Gasteiger charge is 2.15. The number of hydrogen-bond donors (Lipinski definition) is 2. The van der Waals surface area contributed by atoms with E-state index in [1.807, 2.05) is 18.2 Å². The third-order valence-corrected chi connectivity index (χ3v) is 5.61. The fourth-order valence-electron chi connectivity index (χ4n) is 2.65. The molecule has 0 bridgehead atoms. The van der Waals surface area contributed by atoms with Crippen molar-refractivity contribution in [3.05, 3.63) is 47.5 Å². The minimum Gasteiger partial charge on any atom is -0.496 e.